The Balaban J connectivity index is 2.17. The molecule has 0 aliphatic heterocycles. The number of amides is 1. The van der Waals surface area contributed by atoms with Gasteiger partial charge in [0.15, 0.2) is 0 Å². The van der Waals surface area contributed by atoms with Crippen molar-refractivity contribution < 1.29 is 4.79 Å². The zero-order valence-electron chi connectivity index (χ0n) is 10.7. The van der Waals surface area contributed by atoms with E-state index in [2.05, 4.69) is 4.98 Å². The van der Waals surface area contributed by atoms with Crippen molar-refractivity contribution in [3.05, 3.63) is 29.0 Å². The van der Waals surface area contributed by atoms with Crippen LogP contribution in [0.4, 0.5) is 0 Å². The number of aromatic nitrogens is 1. The maximum atomic E-state index is 12.5. The number of pyridine rings is 1. The molecule has 0 bridgehead atoms. The average Bonchev–Trinajstić information content (AvgIpc) is 2.41. The van der Waals surface area contributed by atoms with Gasteiger partial charge in [-0.15, -0.1) is 0 Å². The Hall–Kier alpha value is -1.09. The minimum atomic E-state index is 0.0162. The van der Waals surface area contributed by atoms with Crippen LogP contribution in [0.2, 0.25) is 5.02 Å². The summed E-state index contributed by atoms with van der Waals surface area (Å²) in [6.07, 6.45) is 9.11. The molecule has 0 radical (unpaired) electrons. The first-order chi connectivity index (χ1) is 8.74. The molecule has 18 heavy (non-hydrogen) atoms. The molecular weight excluding hydrogens is 248 g/mol. The molecule has 0 N–H and O–H groups in total. The predicted molar refractivity (Wildman–Crippen MR) is 72.8 cm³/mol. The van der Waals surface area contributed by atoms with Crippen molar-refractivity contribution in [2.45, 2.75) is 45.1 Å². The third-order valence-corrected chi connectivity index (χ3v) is 3.94. The number of carbonyl (C=O) groups is 1. The second kappa shape index (κ2) is 6.19. The highest BCUT2D eigenvalue weighted by molar-refractivity contribution is 6.33. The van der Waals surface area contributed by atoms with E-state index < -0.39 is 0 Å². The molecule has 1 heterocycles. The van der Waals surface area contributed by atoms with E-state index in [9.17, 15) is 4.79 Å². The predicted octanol–water partition coefficient (Wildman–Crippen LogP) is 3.53. The van der Waals surface area contributed by atoms with Gasteiger partial charge < -0.3 is 4.90 Å². The van der Waals surface area contributed by atoms with Crippen LogP contribution in [0.1, 0.15) is 49.4 Å². The van der Waals surface area contributed by atoms with Crippen LogP contribution < -0.4 is 0 Å². The third-order valence-electron chi connectivity index (χ3n) is 3.62. The van der Waals surface area contributed by atoms with Crippen molar-refractivity contribution in [1.82, 2.24) is 9.88 Å². The van der Waals surface area contributed by atoms with Gasteiger partial charge in [0, 0.05) is 25.0 Å². The van der Waals surface area contributed by atoms with Gasteiger partial charge in [-0.1, -0.05) is 30.9 Å². The normalized spacial score (nSPS) is 16.6. The Morgan fingerprint density at radius 2 is 2.17 bits per heavy atom. The molecule has 0 unspecified atom stereocenters. The molecule has 1 aromatic rings. The van der Waals surface area contributed by atoms with Crippen LogP contribution in [-0.4, -0.2) is 28.4 Å². The standard InChI is InChI=1S/C14H19ClN2O/c1-2-17(11-6-4-3-5-7-11)14(18)12-10-16-9-8-13(12)15/h8-11H,2-7H2,1H3. The van der Waals surface area contributed by atoms with Crippen LogP contribution in [0, 0.1) is 0 Å². The zero-order chi connectivity index (χ0) is 13.0. The van der Waals surface area contributed by atoms with Crippen LogP contribution in [0.5, 0.6) is 0 Å². The number of hydrogen-bond donors (Lipinski definition) is 0. The molecule has 3 nitrogen and oxygen atoms in total. The Labute approximate surface area is 113 Å². The summed E-state index contributed by atoms with van der Waals surface area (Å²) < 4.78 is 0. The minimum absolute atomic E-state index is 0.0162. The summed E-state index contributed by atoms with van der Waals surface area (Å²) in [7, 11) is 0. The third kappa shape index (κ3) is 2.83. The summed E-state index contributed by atoms with van der Waals surface area (Å²) in [5.41, 5.74) is 0.520. The first-order valence-electron chi connectivity index (χ1n) is 6.64. The average molecular weight is 267 g/mol. The van der Waals surface area contributed by atoms with Crippen LogP contribution in [-0.2, 0) is 0 Å². The van der Waals surface area contributed by atoms with Gasteiger partial charge in [-0.3, -0.25) is 9.78 Å². The van der Waals surface area contributed by atoms with Gasteiger partial charge in [0.05, 0.1) is 10.6 Å². The van der Waals surface area contributed by atoms with Crippen molar-refractivity contribution in [1.29, 1.82) is 0 Å². The highest BCUT2D eigenvalue weighted by Gasteiger charge is 2.26. The lowest BCUT2D eigenvalue weighted by Crippen LogP contribution is -2.41. The van der Waals surface area contributed by atoms with Gasteiger partial charge in [-0.25, -0.2) is 0 Å². The maximum Gasteiger partial charge on any atom is 0.257 e. The minimum Gasteiger partial charge on any atom is -0.336 e. The first kappa shape index (κ1) is 13.3. The molecule has 1 amide bonds. The fourth-order valence-electron chi connectivity index (χ4n) is 2.65. The van der Waals surface area contributed by atoms with E-state index in [0.29, 0.717) is 16.6 Å². The molecule has 98 valence electrons. The number of rotatable bonds is 3. The fourth-order valence-corrected chi connectivity index (χ4v) is 2.84. The van der Waals surface area contributed by atoms with Crippen molar-refractivity contribution >= 4 is 17.5 Å². The Morgan fingerprint density at radius 1 is 1.44 bits per heavy atom. The van der Waals surface area contributed by atoms with Crippen molar-refractivity contribution in [2.75, 3.05) is 6.54 Å². The van der Waals surface area contributed by atoms with E-state index in [-0.39, 0.29) is 5.91 Å². The molecule has 1 aromatic heterocycles. The smallest absolute Gasteiger partial charge is 0.257 e. The molecule has 0 aromatic carbocycles. The number of nitrogens with zero attached hydrogens (tertiary/aromatic N) is 2. The van der Waals surface area contributed by atoms with E-state index in [1.807, 2.05) is 11.8 Å². The van der Waals surface area contributed by atoms with Gasteiger partial charge in [0.2, 0.25) is 0 Å². The molecule has 1 aliphatic rings. The zero-order valence-corrected chi connectivity index (χ0v) is 11.5. The first-order valence-corrected chi connectivity index (χ1v) is 7.02. The van der Waals surface area contributed by atoms with E-state index in [1.54, 1.807) is 18.5 Å². The monoisotopic (exact) mass is 266 g/mol. The van der Waals surface area contributed by atoms with Crippen LogP contribution in [0.3, 0.4) is 0 Å². The summed E-state index contributed by atoms with van der Waals surface area (Å²) >= 11 is 6.07. The van der Waals surface area contributed by atoms with Gasteiger partial charge in [-0.05, 0) is 25.8 Å². The molecule has 4 heteroatoms. The fraction of sp³-hybridized carbons (Fsp3) is 0.571. The molecule has 1 saturated carbocycles. The summed E-state index contributed by atoms with van der Waals surface area (Å²) in [6, 6.07) is 2.04. The number of halogens is 1. The summed E-state index contributed by atoms with van der Waals surface area (Å²) in [4.78, 5) is 18.4. The lowest BCUT2D eigenvalue weighted by Gasteiger charge is -2.33. The van der Waals surface area contributed by atoms with Crippen LogP contribution in [0.15, 0.2) is 18.5 Å². The van der Waals surface area contributed by atoms with Crippen LogP contribution in [0.25, 0.3) is 0 Å². The highest BCUT2D eigenvalue weighted by atomic mass is 35.5. The van der Waals surface area contributed by atoms with Crippen molar-refractivity contribution in [3.8, 4) is 0 Å². The molecule has 1 fully saturated rings. The summed E-state index contributed by atoms with van der Waals surface area (Å²) in [5, 5.41) is 0.490. The molecule has 0 saturated heterocycles. The number of carbonyl (C=O) groups excluding carboxylic acids is 1. The van der Waals surface area contributed by atoms with Gasteiger partial charge in [0.25, 0.3) is 5.91 Å². The van der Waals surface area contributed by atoms with Crippen molar-refractivity contribution in [3.63, 3.8) is 0 Å². The van der Waals surface area contributed by atoms with Gasteiger partial charge >= 0.3 is 0 Å². The Morgan fingerprint density at radius 3 is 2.78 bits per heavy atom. The lowest BCUT2D eigenvalue weighted by molar-refractivity contribution is 0.0647. The second-order valence-electron chi connectivity index (χ2n) is 4.74. The Kier molecular flexibility index (Phi) is 4.59. The van der Waals surface area contributed by atoms with Gasteiger partial charge in [0.1, 0.15) is 0 Å². The van der Waals surface area contributed by atoms with E-state index in [4.69, 9.17) is 11.6 Å². The quantitative estimate of drug-likeness (QED) is 0.839. The Bertz CT molecular complexity index is 416. The van der Waals surface area contributed by atoms with Crippen molar-refractivity contribution in [2.24, 2.45) is 0 Å². The molecule has 1 aliphatic carbocycles. The van der Waals surface area contributed by atoms with E-state index in [1.165, 1.54) is 19.3 Å². The van der Waals surface area contributed by atoms with E-state index in [0.717, 1.165) is 19.4 Å². The van der Waals surface area contributed by atoms with Gasteiger partial charge in [-0.2, -0.15) is 0 Å². The summed E-state index contributed by atoms with van der Waals surface area (Å²) in [5.74, 6) is 0.0162. The number of hydrogen-bond acceptors (Lipinski definition) is 2. The highest BCUT2D eigenvalue weighted by Crippen LogP contribution is 2.25. The lowest BCUT2D eigenvalue weighted by atomic mass is 9.94. The largest absolute Gasteiger partial charge is 0.336 e. The molecular formula is C14H19ClN2O. The maximum absolute atomic E-state index is 12.5. The molecule has 0 spiro atoms. The summed E-state index contributed by atoms with van der Waals surface area (Å²) in [6.45, 7) is 2.76. The molecule has 0 atom stereocenters. The SMILES string of the molecule is CCN(C(=O)c1cnccc1Cl)C1CCCCC1. The topological polar surface area (TPSA) is 33.2 Å². The van der Waals surface area contributed by atoms with E-state index >= 15 is 0 Å². The van der Waals surface area contributed by atoms with Crippen LogP contribution >= 0.6 is 11.6 Å². The molecule has 2 rings (SSSR count). The second-order valence-corrected chi connectivity index (χ2v) is 5.15.